The molecule has 1 aromatic carbocycles. The van der Waals surface area contributed by atoms with Crippen LogP contribution in [0.15, 0.2) is 23.2 Å². The molecule has 5 nitrogen and oxygen atoms in total. The Hall–Kier alpha value is -0.690. The van der Waals surface area contributed by atoms with E-state index in [0.29, 0.717) is 12.0 Å². The molecule has 3 N–H and O–H groups in total. The van der Waals surface area contributed by atoms with Crippen LogP contribution in [-0.2, 0) is 11.2 Å². The minimum absolute atomic E-state index is 0. The van der Waals surface area contributed by atoms with Crippen molar-refractivity contribution in [2.24, 2.45) is 4.99 Å². The Kier molecular flexibility index (Phi) is 8.10. The summed E-state index contributed by atoms with van der Waals surface area (Å²) in [6.07, 6.45) is 1.71. The van der Waals surface area contributed by atoms with E-state index >= 15 is 0 Å². The number of rotatable bonds is 5. The van der Waals surface area contributed by atoms with Gasteiger partial charge in [-0.25, -0.2) is 4.79 Å². The second-order valence-corrected chi connectivity index (χ2v) is 3.75. The molecular formula is C11H14NNaO4S. The predicted molar refractivity (Wildman–Crippen MR) is 74.4 cm³/mol. The van der Waals surface area contributed by atoms with Crippen molar-refractivity contribution in [3.8, 4) is 11.5 Å². The van der Waals surface area contributed by atoms with Gasteiger partial charge in [0.25, 0.3) is 0 Å². The number of hydrogen-bond donors (Lipinski definition) is 4. The van der Waals surface area contributed by atoms with Gasteiger partial charge in [0.05, 0.1) is 0 Å². The van der Waals surface area contributed by atoms with Crippen molar-refractivity contribution < 1.29 is 20.1 Å². The summed E-state index contributed by atoms with van der Waals surface area (Å²) in [6, 6.07) is 3.33. The Bertz CT molecular complexity index is 439. The number of carboxylic acids is 1. The molecule has 0 aliphatic carbocycles. The Morgan fingerprint density at radius 2 is 2.11 bits per heavy atom. The van der Waals surface area contributed by atoms with Crippen LogP contribution >= 0.6 is 12.6 Å². The molecule has 0 heterocycles. The molecule has 0 aliphatic heterocycles. The van der Waals surface area contributed by atoms with E-state index in [1.165, 1.54) is 18.3 Å². The summed E-state index contributed by atoms with van der Waals surface area (Å²) in [5.74, 6) is -0.991. The number of aliphatic carboxylic acids is 1. The normalized spacial score (nSPS) is 12.1. The van der Waals surface area contributed by atoms with Gasteiger partial charge in [0.2, 0.25) is 0 Å². The fourth-order valence-electron chi connectivity index (χ4n) is 1.19. The Morgan fingerprint density at radius 1 is 1.44 bits per heavy atom. The number of phenols is 2. The fraction of sp³-hybridized carbons (Fsp3) is 0.273. The summed E-state index contributed by atoms with van der Waals surface area (Å²) in [5, 5.41) is 27.3. The summed E-state index contributed by atoms with van der Waals surface area (Å²) in [4.78, 5) is 14.5. The maximum atomic E-state index is 10.6. The molecule has 0 saturated heterocycles. The number of benzene rings is 1. The maximum absolute atomic E-state index is 10.6. The SMILES string of the molecule is O=C(O)[C@H](CS)N=CCc1ccc(O)cc1O.[NaH]. The number of carbonyl (C=O) groups is 1. The van der Waals surface area contributed by atoms with E-state index in [9.17, 15) is 9.90 Å². The van der Waals surface area contributed by atoms with Crippen molar-refractivity contribution in [3.63, 3.8) is 0 Å². The summed E-state index contributed by atoms with van der Waals surface area (Å²) < 4.78 is 0. The first-order chi connectivity index (χ1) is 8.04. The number of aliphatic imine (C=N–C) groups is 1. The van der Waals surface area contributed by atoms with Crippen LogP contribution in [0.25, 0.3) is 0 Å². The van der Waals surface area contributed by atoms with E-state index in [-0.39, 0.29) is 46.8 Å². The third-order valence-electron chi connectivity index (χ3n) is 2.12. The molecule has 1 rings (SSSR count). The molecule has 0 spiro atoms. The summed E-state index contributed by atoms with van der Waals surface area (Å²) in [6.45, 7) is 0. The van der Waals surface area contributed by atoms with Crippen LogP contribution in [0.2, 0.25) is 0 Å². The van der Waals surface area contributed by atoms with Crippen LogP contribution < -0.4 is 0 Å². The average Bonchev–Trinajstić information content (AvgIpc) is 2.26. The monoisotopic (exact) mass is 279 g/mol. The molecule has 0 bridgehead atoms. The fourth-order valence-corrected chi connectivity index (χ4v) is 1.44. The number of hydrogen-bond acceptors (Lipinski definition) is 5. The van der Waals surface area contributed by atoms with Crippen molar-refractivity contribution in [2.45, 2.75) is 12.5 Å². The van der Waals surface area contributed by atoms with Crippen LogP contribution in [0.5, 0.6) is 11.5 Å². The zero-order valence-corrected chi connectivity index (χ0v) is 9.84. The first kappa shape index (κ1) is 17.3. The van der Waals surface area contributed by atoms with Gasteiger partial charge < -0.3 is 15.3 Å². The third-order valence-corrected chi connectivity index (χ3v) is 2.47. The average molecular weight is 279 g/mol. The number of aromatic hydroxyl groups is 2. The van der Waals surface area contributed by atoms with Crippen LogP contribution in [0.4, 0.5) is 0 Å². The third kappa shape index (κ3) is 5.30. The van der Waals surface area contributed by atoms with Gasteiger partial charge >= 0.3 is 35.5 Å². The topological polar surface area (TPSA) is 90.1 Å². The van der Waals surface area contributed by atoms with Crippen molar-refractivity contribution in [2.75, 3.05) is 5.75 Å². The van der Waals surface area contributed by atoms with Crippen molar-refractivity contribution >= 4 is 54.4 Å². The molecule has 0 amide bonds. The first-order valence-corrected chi connectivity index (χ1v) is 5.54. The molecule has 18 heavy (non-hydrogen) atoms. The van der Waals surface area contributed by atoms with E-state index in [0.717, 1.165) is 0 Å². The van der Waals surface area contributed by atoms with Gasteiger partial charge in [-0.05, 0) is 11.6 Å². The molecule has 0 fully saturated rings. The summed E-state index contributed by atoms with van der Waals surface area (Å²) in [7, 11) is 0. The van der Waals surface area contributed by atoms with E-state index in [1.807, 2.05) is 0 Å². The van der Waals surface area contributed by atoms with Gasteiger partial charge in [-0.2, -0.15) is 12.6 Å². The van der Waals surface area contributed by atoms with Crippen molar-refractivity contribution in [3.05, 3.63) is 23.8 Å². The second-order valence-electron chi connectivity index (χ2n) is 3.39. The summed E-state index contributed by atoms with van der Waals surface area (Å²) >= 11 is 3.87. The molecule has 0 aromatic heterocycles. The molecule has 0 saturated carbocycles. The van der Waals surface area contributed by atoms with Gasteiger partial charge in [0.15, 0.2) is 6.04 Å². The number of phenolic OH excluding ortho intramolecular Hbond substituents is 2. The van der Waals surface area contributed by atoms with Gasteiger partial charge in [-0.15, -0.1) is 0 Å². The van der Waals surface area contributed by atoms with E-state index < -0.39 is 12.0 Å². The molecule has 0 radical (unpaired) electrons. The van der Waals surface area contributed by atoms with Gasteiger partial charge in [0, 0.05) is 24.5 Å². The Balaban J connectivity index is 0.00000289. The number of thiol groups is 1. The standard InChI is InChI=1S/C11H13NO4S.Na.H/c13-8-2-1-7(10(14)5-8)3-4-12-9(6-17)11(15)16;;/h1-2,4-5,9,13-14,17H,3,6H2,(H,15,16);;/t9-;;/m0../s1. The molecule has 1 atom stereocenters. The first-order valence-electron chi connectivity index (χ1n) is 4.90. The molecule has 0 unspecified atom stereocenters. The molecule has 7 heteroatoms. The molecule has 94 valence electrons. The Labute approximate surface area is 132 Å². The van der Waals surface area contributed by atoms with E-state index in [1.54, 1.807) is 6.07 Å². The molecule has 1 aromatic rings. The summed E-state index contributed by atoms with van der Waals surface area (Å²) in [5.41, 5.74) is 0.565. The zero-order chi connectivity index (χ0) is 12.8. The van der Waals surface area contributed by atoms with Gasteiger partial charge in [0.1, 0.15) is 11.5 Å². The van der Waals surface area contributed by atoms with Crippen molar-refractivity contribution in [1.82, 2.24) is 0 Å². The number of carboxylic acid groups (broad SMARTS) is 1. The quantitative estimate of drug-likeness (QED) is 0.358. The predicted octanol–water partition coefficient (Wildman–Crippen LogP) is 0.446. The Morgan fingerprint density at radius 3 is 2.61 bits per heavy atom. The van der Waals surface area contributed by atoms with Crippen molar-refractivity contribution in [1.29, 1.82) is 0 Å². The van der Waals surface area contributed by atoms with E-state index in [2.05, 4.69) is 17.6 Å². The van der Waals surface area contributed by atoms with Crippen LogP contribution in [0, 0.1) is 0 Å². The van der Waals surface area contributed by atoms with Crippen LogP contribution in [0.1, 0.15) is 5.56 Å². The molecule has 0 aliphatic rings. The van der Waals surface area contributed by atoms with Crippen LogP contribution in [0.3, 0.4) is 0 Å². The minimum atomic E-state index is -1.04. The van der Waals surface area contributed by atoms with Crippen LogP contribution in [-0.4, -0.2) is 68.9 Å². The molecular weight excluding hydrogens is 265 g/mol. The van der Waals surface area contributed by atoms with E-state index in [4.69, 9.17) is 10.2 Å². The van der Waals surface area contributed by atoms with Gasteiger partial charge in [-0.1, -0.05) is 6.07 Å². The number of nitrogens with zero attached hydrogens (tertiary/aromatic N) is 1. The zero-order valence-electron chi connectivity index (χ0n) is 8.95. The second kappa shape index (κ2) is 8.42. The van der Waals surface area contributed by atoms with Gasteiger partial charge in [-0.3, -0.25) is 4.99 Å².